The normalized spacial score (nSPS) is 10.9. The molecule has 0 N–H and O–H groups in total. The molecule has 0 amide bonds. The number of aromatic nitrogens is 3. The monoisotopic (exact) mass is 373 g/mol. The number of fused-ring (bicyclic) bond motifs is 1. The van der Waals surface area contributed by atoms with Crippen molar-refractivity contribution >= 4 is 10.9 Å². The van der Waals surface area contributed by atoms with Crippen molar-refractivity contribution in [3.8, 4) is 33.4 Å². The molecule has 0 aliphatic carbocycles. The van der Waals surface area contributed by atoms with Gasteiger partial charge in [-0.25, -0.2) is 9.97 Å². The van der Waals surface area contributed by atoms with Crippen LogP contribution in [-0.2, 0) is 0 Å². The molecule has 0 spiro atoms. The number of nitrogens with zero attached hydrogens (tertiary/aromatic N) is 3. The van der Waals surface area contributed by atoms with Crippen LogP contribution >= 0.6 is 0 Å². The van der Waals surface area contributed by atoms with E-state index in [0.717, 1.165) is 33.2 Å². The Kier molecular flexibility index (Phi) is 4.34. The van der Waals surface area contributed by atoms with E-state index in [-0.39, 0.29) is 0 Å². The minimum Gasteiger partial charge on any atom is -0.256 e. The van der Waals surface area contributed by atoms with Crippen molar-refractivity contribution in [2.24, 2.45) is 0 Å². The molecule has 2 heterocycles. The third kappa shape index (κ3) is 3.50. The van der Waals surface area contributed by atoms with Gasteiger partial charge in [0.25, 0.3) is 0 Å². The summed E-state index contributed by atoms with van der Waals surface area (Å²) in [5.74, 6) is 0. The lowest BCUT2D eigenvalue weighted by Crippen LogP contribution is -1.88. The molecule has 0 fully saturated rings. The van der Waals surface area contributed by atoms with Gasteiger partial charge in [-0.05, 0) is 71.1 Å². The zero-order valence-corrected chi connectivity index (χ0v) is 16.1. The van der Waals surface area contributed by atoms with Crippen molar-refractivity contribution < 1.29 is 0 Å². The first-order valence-electron chi connectivity index (χ1n) is 9.59. The van der Waals surface area contributed by atoms with E-state index in [1.54, 1.807) is 6.33 Å². The van der Waals surface area contributed by atoms with E-state index in [1.165, 1.54) is 16.7 Å². The molecular formula is C26H19N3. The summed E-state index contributed by atoms with van der Waals surface area (Å²) >= 11 is 0. The molecule has 0 unspecified atom stereocenters. The fourth-order valence-electron chi connectivity index (χ4n) is 3.58. The van der Waals surface area contributed by atoms with E-state index in [9.17, 15) is 0 Å². The quantitative estimate of drug-likeness (QED) is 0.371. The number of benzene rings is 3. The first-order valence-corrected chi connectivity index (χ1v) is 9.59. The molecule has 2 aromatic heterocycles. The van der Waals surface area contributed by atoms with Crippen molar-refractivity contribution in [2.45, 2.75) is 6.92 Å². The fourth-order valence-corrected chi connectivity index (χ4v) is 3.58. The van der Waals surface area contributed by atoms with Crippen molar-refractivity contribution in [3.63, 3.8) is 0 Å². The molecule has 5 rings (SSSR count). The van der Waals surface area contributed by atoms with Crippen LogP contribution in [0.25, 0.3) is 44.3 Å². The van der Waals surface area contributed by atoms with Crippen LogP contribution in [0.15, 0.2) is 97.7 Å². The zero-order valence-electron chi connectivity index (χ0n) is 16.1. The Hall–Kier alpha value is -3.85. The molecule has 0 radical (unpaired) electrons. The summed E-state index contributed by atoms with van der Waals surface area (Å²) in [5, 5.41) is 1.13. The maximum atomic E-state index is 4.44. The number of aryl methyl sites for hydroxylation is 1. The molecule has 3 nitrogen and oxygen atoms in total. The fraction of sp³-hybridized carbons (Fsp3) is 0.0385. The second-order valence-corrected chi connectivity index (χ2v) is 7.20. The third-order valence-corrected chi connectivity index (χ3v) is 5.15. The van der Waals surface area contributed by atoms with Gasteiger partial charge in [0.1, 0.15) is 6.33 Å². The summed E-state index contributed by atoms with van der Waals surface area (Å²) < 4.78 is 0. The van der Waals surface area contributed by atoms with E-state index >= 15 is 0 Å². The maximum absolute atomic E-state index is 4.44. The molecule has 138 valence electrons. The largest absolute Gasteiger partial charge is 0.256 e. The van der Waals surface area contributed by atoms with Gasteiger partial charge in [-0.15, -0.1) is 0 Å². The Morgan fingerprint density at radius 2 is 1.24 bits per heavy atom. The molecule has 0 atom stereocenters. The third-order valence-electron chi connectivity index (χ3n) is 5.15. The average Bonchev–Trinajstić information content (AvgIpc) is 2.79. The molecule has 0 bridgehead atoms. The van der Waals surface area contributed by atoms with Gasteiger partial charge in [0.05, 0.1) is 5.52 Å². The Morgan fingerprint density at radius 3 is 2.00 bits per heavy atom. The highest BCUT2D eigenvalue weighted by atomic mass is 14.8. The van der Waals surface area contributed by atoms with E-state index in [2.05, 4.69) is 88.6 Å². The SMILES string of the molecule is Cc1ccc(-c2cc(-c3cncnc3)cc(-c3ccc4ncccc4c3)c2)cc1. The number of hydrogen-bond donors (Lipinski definition) is 0. The number of pyridine rings is 1. The zero-order chi connectivity index (χ0) is 19.6. The Morgan fingerprint density at radius 1 is 0.586 bits per heavy atom. The van der Waals surface area contributed by atoms with Crippen molar-refractivity contribution in [2.75, 3.05) is 0 Å². The van der Waals surface area contributed by atoms with Crippen LogP contribution < -0.4 is 0 Å². The number of rotatable bonds is 3. The van der Waals surface area contributed by atoms with Crippen LogP contribution in [0.5, 0.6) is 0 Å². The van der Waals surface area contributed by atoms with E-state index < -0.39 is 0 Å². The summed E-state index contributed by atoms with van der Waals surface area (Å²) in [5.41, 5.74) is 9.05. The standard InChI is InChI=1S/C26H19N3/c1-18-4-6-19(7-5-18)22-12-23(14-24(13-22)25-15-27-17-28-16-25)20-8-9-26-21(11-20)3-2-10-29-26/h2-17H,1H3. The second-order valence-electron chi connectivity index (χ2n) is 7.20. The number of hydrogen-bond acceptors (Lipinski definition) is 3. The topological polar surface area (TPSA) is 38.7 Å². The van der Waals surface area contributed by atoms with E-state index in [4.69, 9.17) is 0 Å². The molecule has 0 aliphatic heterocycles. The van der Waals surface area contributed by atoms with Gasteiger partial charge in [0, 0.05) is 29.5 Å². The minimum atomic E-state index is 1.00. The summed E-state index contributed by atoms with van der Waals surface area (Å²) in [4.78, 5) is 12.8. The van der Waals surface area contributed by atoms with Crippen LogP contribution in [0.3, 0.4) is 0 Å². The van der Waals surface area contributed by atoms with Crippen molar-refractivity contribution in [3.05, 3.63) is 103 Å². The van der Waals surface area contributed by atoms with Gasteiger partial charge >= 0.3 is 0 Å². The van der Waals surface area contributed by atoms with Crippen molar-refractivity contribution in [1.29, 1.82) is 0 Å². The lowest BCUT2D eigenvalue weighted by atomic mass is 9.93. The van der Waals surface area contributed by atoms with Gasteiger partial charge in [-0.3, -0.25) is 4.98 Å². The van der Waals surface area contributed by atoms with Gasteiger partial charge in [0.15, 0.2) is 0 Å². The Labute approximate surface area is 169 Å². The lowest BCUT2D eigenvalue weighted by Gasteiger charge is -2.11. The van der Waals surface area contributed by atoms with E-state index in [0.29, 0.717) is 0 Å². The molecular weight excluding hydrogens is 354 g/mol. The average molecular weight is 373 g/mol. The molecule has 5 aromatic rings. The summed E-state index contributed by atoms with van der Waals surface area (Å²) in [6.07, 6.45) is 7.10. The predicted octanol–water partition coefficient (Wildman–Crippen LogP) is 6.33. The van der Waals surface area contributed by atoms with E-state index in [1.807, 2.05) is 24.7 Å². The Balaban J connectivity index is 1.71. The maximum Gasteiger partial charge on any atom is 0.115 e. The summed E-state index contributed by atoms with van der Waals surface area (Å²) in [6, 6.07) is 25.8. The summed E-state index contributed by atoms with van der Waals surface area (Å²) in [7, 11) is 0. The summed E-state index contributed by atoms with van der Waals surface area (Å²) in [6.45, 7) is 2.11. The first-order chi connectivity index (χ1) is 14.3. The predicted molar refractivity (Wildman–Crippen MR) is 118 cm³/mol. The van der Waals surface area contributed by atoms with Crippen LogP contribution in [0, 0.1) is 6.92 Å². The first kappa shape index (κ1) is 17.3. The second kappa shape index (κ2) is 7.28. The highest BCUT2D eigenvalue weighted by molar-refractivity contribution is 5.87. The van der Waals surface area contributed by atoms with Gasteiger partial charge in [0.2, 0.25) is 0 Å². The van der Waals surface area contributed by atoms with Gasteiger partial charge in [-0.2, -0.15) is 0 Å². The molecule has 3 aromatic carbocycles. The highest BCUT2D eigenvalue weighted by Crippen LogP contribution is 2.33. The van der Waals surface area contributed by atoms with Crippen LogP contribution in [0.4, 0.5) is 0 Å². The Bertz CT molecular complexity index is 1290. The van der Waals surface area contributed by atoms with Gasteiger partial charge in [-0.1, -0.05) is 42.0 Å². The van der Waals surface area contributed by atoms with Gasteiger partial charge < -0.3 is 0 Å². The van der Waals surface area contributed by atoms with Crippen LogP contribution in [0.2, 0.25) is 0 Å². The highest BCUT2D eigenvalue weighted by Gasteiger charge is 2.09. The molecule has 0 aliphatic rings. The van der Waals surface area contributed by atoms with Crippen molar-refractivity contribution in [1.82, 2.24) is 15.0 Å². The molecule has 3 heteroatoms. The molecule has 29 heavy (non-hydrogen) atoms. The van der Waals surface area contributed by atoms with Crippen LogP contribution in [0.1, 0.15) is 5.56 Å². The lowest BCUT2D eigenvalue weighted by molar-refractivity contribution is 1.17. The molecule has 0 saturated carbocycles. The minimum absolute atomic E-state index is 1.00. The van der Waals surface area contributed by atoms with Crippen LogP contribution in [-0.4, -0.2) is 15.0 Å². The molecule has 0 saturated heterocycles. The smallest absolute Gasteiger partial charge is 0.115 e.